The summed E-state index contributed by atoms with van der Waals surface area (Å²) in [6.45, 7) is 0. The number of ether oxygens (including phenoxy) is 2. The first-order valence-corrected chi connectivity index (χ1v) is 18.1. The summed E-state index contributed by atoms with van der Waals surface area (Å²) in [5, 5.41) is 27.9. The van der Waals surface area contributed by atoms with E-state index in [1.807, 2.05) is 115 Å². The predicted octanol–water partition coefficient (Wildman–Crippen LogP) is 8.75. The maximum absolute atomic E-state index is 12.7. The Bertz CT molecular complexity index is 2490. The number of benzene rings is 7. The fourth-order valence-electron chi connectivity index (χ4n) is 6.15. The van der Waals surface area contributed by atoms with E-state index in [9.17, 15) is 29.4 Å². The number of amides is 2. The van der Waals surface area contributed by atoms with Crippen LogP contribution in [-0.2, 0) is 27.2 Å². The summed E-state index contributed by atoms with van der Waals surface area (Å²) in [7, 11) is 1.30. The summed E-state index contributed by atoms with van der Waals surface area (Å²) in [4.78, 5) is 49.0. The largest absolute Gasteiger partial charge is 0.508 e. The van der Waals surface area contributed by atoms with E-state index in [0.29, 0.717) is 23.3 Å². The topological polar surface area (TPSA) is 151 Å². The molecule has 0 saturated heterocycles. The number of carboxylic acid groups (broad SMARTS) is 1. The number of esters is 1. The molecule has 10 heteroatoms. The number of carboxylic acids is 1. The van der Waals surface area contributed by atoms with Crippen molar-refractivity contribution < 1.29 is 38.9 Å². The van der Waals surface area contributed by atoms with Gasteiger partial charge in [0.25, 0.3) is 11.8 Å². The summed E-state index contributed by atoms with van der Waals surface area (Å²) in [5.41, 5.74) is 2.62. The minimum absolute atomic E-state index is 0. The lowest BCUT2D eigenvalue weighted by molar-refractivity contribution is -0.143. The molecule has 0 bridgehead atoms. The van der Waals surface area contributed by atoms with Gasteiger partial charge in [-0.05, 0) is 93.3 Å². The number of aliphatic carboxylic acids is 1. The molecule has 0 spiro atoms. The molecule has 0 aliphatic heterocycles. The zero-order valence-corrected chi connectivity index (χ0v) is 31.0. The molecule has 0 radical (unpaired) electrons. The van der Waals surface area contributed by atoms with E-state index < -0.39 is 29.9 Å². The van der Waals surface area contributed by atoms with Gasteiger partial charge in [-0.1, -0.05) is 111 Å². The van der Waals surface area contributed by atoms with Gasteiger partial charge in [-0.25, -0.2) is 9.59 Å². The molecule has 294 valence electrons. The lowest BCUT2D eigenvalue weighted by Gasteiger charge is -2.17. The molecule has 2 amide bonds. The van der Waals surface area contributed by atoms with Crippen molar-refractivity contribution in [3.05, 3.63) is 186 Å². The molecule has 2 atom stereocenters. The standard InChI is InChI=1S/C26H21NO4.C21H19NO4.CH4/c28-25(27-24(26(29)30)15-18-7-3-1-4-8-18)21-12-11-20-17-23(14-13-19(20)16-21)31-22-9-5-2-6-10-22;1-26-21(25)19(11-14-5-3-2-4-6-14)22-20(24)17-8-7-16-13-18(23)10-9-15(16)12-17;/h1-14,16-17,24H,15H2,(H,27,28)(H,29,30);2-10,12-13,19,23H,11H2,1H3,(H,22,24);1H4. The Morgan fingerprint density at radius 2 is 0.983 bits per heavy atom. The zero-order chi connectivity index (χ0) is 40.1. The maximum atomic E-state index is 12.7. The van der Waals surface area contributed by atoms with Crippen molar-refractivity contribution in [2.75, 3.05) is 7.11 Å². The van der Waals surface area contributed by atoms with Crippen LogP contribution in [0.3, 0.4) is 0 Å². The van der Waals surface area contributed by atoms with Crippen LogP contribution in [0.5, 0.6) is 17.2 Å². The molecule has 2 unspecified atom stereocenters. The smallest absolute Gasteiger partial charge is 0.328 e. The van der Waals surface area contributed by atoms with Gasteiger partial charge in [0.15, 0.2) is 0 Å². The first-order chi connectivity index (χ1) is 27.6. The van der Waals surface area contributed by atoms with Gasteiger partial charge >= 0.3 is 11.9 Å². The van der Waals surface area contributed by atoms with Gasteiger partial charge in [0.05, 0.1) is 7.11 Å². The highest BCUT2D eigenvalue weighted by molar-refractivity contribution is 6.01. The van der Waals surface area contributed by atoms with E-state index in [-0.39, 0.29) is 25.5 Å². The second-order valence-corrected chi connectivity index (χ2v) is 13.2. The van der Waals surface area contributed by atoms with Crippen molar-refractivity contribution in [3.8, 4) is 17.2 Å². The minimum Gasteiger partial charge on any atom is -0.508 e. The average Bonchev–Trinajstić information content (AvgIpc) is 3.23. The van der Waals surface area contributed by atoms with Crippen LogP contribution < -0.4 is 15.4 Å². The van der Waals surface area contributed by atoms with Crippen LogP contribution in [-0.4, -0.2) is 53.2 Å². The Hall–Kier alpha value is -7.46. The number of carbonyl (C=O) groups is 4. The minimum atomic E-state index is -1.07. The van der Waals surface area contributed by atoms with Gasteiger partial charge in [0.2, 0.25) is 0 Å². The number of carbonyl (C=O) groups excluding carboxylic acids is 3. The van der Waals surface area contributed by atoms with Crippen LogP contribution >= 0.6 is 0 Å². The molecule has 7 rings (SSSR count). The SMILES string of the molecule is C.COC(=O)C(Cc1ccccc1)NC(=O)c1ccc2cc(O)ccc2c1.O=C(NC(Cc1ccccc1)C(=O)O)c1ccc2cc(Oc3ccccc3)ccc2c1. The monoisotopic (exact) mass is 776 g/mol. The Morgan fingerprint density at radius 3 is 1.52 bits per heavy atom. The second kappa shape index (κ2) is 19.9. The second-order valence-electron chi connectivity index (χ2n) is 13.2. The van der Waals surface area contributed by atoms with E-state index in [0.717, 1.165) is 38.4 Å². The van der Waals surface area contributed by atoms with Gasteiger partial charge in [-0.15, -0.1) is 0 Å². The van der Waals surface area contributed by atoms with Crippen LogP contribution in [0.1, 0.15) is 39.3 Å². The molecule has 0 fully saturated rings. The maximum Gasteiger partial charge on any atom is 0.328 e. The molecule has 0 saturated carbocycles. The number of hydrogen-bond acceptors (Lipinski definition) is 7. The Kier molecular flexibility index (Phi) is 14.3. The fraction of sp³-hybridized carbons (Fsp3) is 0.125. The number of methoxy groups -OCH3 is 1. The molecular weight excluding hydrogens is 733 g/mol. The van der Waals surface area contributed by atoms with E-state index in [1.165, 1.54) is 7.11 Å². The molecule has 0 aliphatic carbocycles. The number of hydrogen-bond donors (Lipinski definition) is 4. The van der Waals surface area contributed by atoms with Gasteiger partial charge in [0, 0.05) is 24.0 Å². The number of rotatable bonds is 12. The lowest BCUT2D eigenvalue weighted by atomic mass is 10.0. The van der Waals surface area contributed by atoms with E-state index in [4.69, 9.17) is 9.47 Å². The number of phenols is 1. The first-order valence-electron chi connectivity index (χ1n) is 18.1. The van der Waals surface area contributed by atoms with Crippen molar-refractivity contribution >= 4 is 45.3 Å². The molecule has 7 aromatic rings. The number of aromatic hydroxyl groups is 1. The predicted molar refractivity (Wildman–Crippen MR) is 225 cm³/mol. The van der Waals surface area contributed by atoms with Crippen molar-refractivity contribution in [1.82, 2.24) is 10.6 Å². The molecule has 7 aromatic carbocycles. The third kappa shape index (κ3) is 11.3. The van der Waals surface area contributed by atoms with Crippen LogP contribution in [0.15, 0.2) is 164 Å². The third-order valence-electron chi connectivity index (χ3n) is 9.10. The number of para-hydroxylation sites is 1. The van der Waals surface area contributed by atoms with Crippen LogP contribution in [0.25, 0.3) is 21.5 Å². The Balaban J connectivity index is 0.000000221. The number of fused-ring (bicyclic) bond motifs is 2. The fourth-order valence-corrected chi connectivity index (χ4v) is 6.15. The molecule has 0 aromatic heterocycles. The summed E-state index contributed by atoms with van der Waals surface area (Å²) in [5.74, 6) is -0.723. The van der Waals surface area contributed by atoms with E-state index >= 15 is 0 Å². The van der Waals surface area contributed by atoms with Gasteiger partial charge in [-0.3, -0.25) is 9.59 Å². The first kappa shape index (κ1) is 41.7. The van der Waals surface area contributed by atoms with E-state index in [2.05, 4.69) is 10.6 Å². The molecule has 10 nitrogen and oxygen atoms in total. The number of phenolic OH excluding ortho intramolecular Hbond substituents is 1. The van der Waals surface area contributed by atoms with Gasteiger partial charge in [0.1, 0.15) is 29.3 Å². The Labute approximate surface area is 336 Å². The Morgan fingerprint density at radius 1 is 0.534 bits per heavy atom. The summed E-state index contributed by atoms with van der Waals surface area (Å²) < 4.78 is 10.7. The highest BCUT2D eigenvalue weighted by Gasteiger charge is 2.23. The molecular formula is C48H44N2O8. The summed E-state index contributed by atoms with van der Waals surface area (Å²) >= 11 is 0. The van der Waals surface area contributed by atoms with Crippen molar-refractivity contribution in [1.29, 1.82) is 0 Å². The molecule has 58 heavy (non-hydrogen) atoms. The van der Waals surface area contributed by atoms with Gasteiger partial charge in [-0.2, -0.15) is 0 Å². The molecule has 0 heterocycles. The third-order valence-corrected chi connectivity index (χ3v) is 9.10. The zero-order valence-electron chi connectivity index (χ0n) is 31.0. The molecule has 0 aliphatic rings. The van der Waals surface area contributed by atoms with Gasteiger partial charge < -0.3 is 30.3 Å². The van der Waals surface area contributed by atoms with Crippen LogP contribution in [0, 0.1) is 0 Å². The lowest BCUT2D eigenvalue weighted by Crippen LogP contribution is -2.43. The highest BCUT2D eigenvalue weighted by Crippen LogP contribution is 2.26. The average molecular weight is 777 g/mol. The van der Waals surface area contributed by atoms with Crippen molar-refractivity contribution in [2.45, 2.75) is 32.4 Å². The number of nitrogens with one attached hydrogen (secondary N) is 2. The van der Waals surface area contributed by atoms with E-state index in [1.54, 1.807) is 48.5 Å². The van der Waals surface area contributed by atoms with Crippen LogP contribution in [0.2, 0.25) is 0 Å². The normalized spacial score (nSPS) is 11.5. The molecule has 4 N–H and O–H groups in total. The quantitative estimate of drug-likeness (QED) is 0.0900. The van der Waals surface area contributed by atoms with Crippen LogP contribution in [0.4, 0.5) is 0 Å². The van der Waals surface area contributed by atoms with Crippen molar-refractivity contribution in [2.24, 2.45) is 0 Å². The van der Waals surface area contributed by atoms with Crippen molar-refractivity contribution in [3.63, 3.8) is 0 Å². The summed E-state index contributed by atoms with van der Waals surface area (Å²) in [6.07, 6.45) is 0.566. The summed E-state index contributed by atoms with van der Waals surface area (Å²) in [6, 6.07) is 47.3. The highest BCUT2D eigenvalue weighted by atomic mass is 16.5.